The average Bonchev–Trinajstić information content (AvgIpc) is 2.53. The van der Waals surface area contributed by atoms with E-state index in [0.717, 1.165) is 11.1 Å². The number of halogens is 3. The molecule has 2 nitrogen and oxygen atoms in total. The lowest BCUT2D eigenvalue weighted by Crippen LogP contribution is -2.26. The number of alkyl halides is 2. The molecule has 0 radical (unpaired) electrons. The molecule has 0 saturated carbocycles. The van der Waals surface area contributed by atoms with E-state index >= 15 is 0 Å². The molecular formula is C12H13ClF2O2. The molecule has 1 aromatic rings. The van der Waals surface area contributed by atoms with Gasteiger partial charge in [-0.25, -0.2) is 0 Å². The lowest BCUT2D eigenvalue weighted by atomic mass is 9.95. The highest BCUT2D eigenvalue weighted by atomic mass is 35.5. The van der Waals surface area contributed by atoms with E-state index in [-0.39, 0.29) is 22.4 Å². The van der Waals surface area contributed by atoms with Gasteiger partial charge in [0, 0.05) is 0 Å². The van der Waals surface area contributed by atoms with E-state index in [1.54, 1.807) is 6.07 Å². The summed E-state index contributed by atoms with van der Waals surface area (Å²) < 4.78 is 34.8. The van der Waals surface area contributed by atoms with Gasteiger partial charge in [-0.2, -0.15) is 0 Å². The van der Waals surface area contributed by atoms with Gasteiger partial charge in [0.05, 0.1) is 5.02 Å². The summed E-state index contributed by atoms with van der Waals surface area (Å²) in [4.78, 5) is 0. The summed E-state index contributed by atoms with van der Waals surface area (Å²) in [6, 6.07) is 1.59. The number of ether oxygens (including phenoxy) is 2. The van der Waals surface area contributed by atoms with Gasteiger partial charge >= 0.3 is 6.29 Å². The number of hydrogen-bond donors (Lipinski definition) is 0. The maximum atomic E-state index is 13.0. The second kappa shape index (κ2) is 4.02. The Hall–Kier alpha value is -1.03. The van der Waals surface area contributed by atoms with Gasteiger partial charge in [-0.1, -0.05) is 32.4 Å². The molecule has 0 bridgehead atoms. The van der Waals surface area contributed by atoms with Gasteiger partial charge in [0.25, 0.3) is 0 Å². The van der Waals surface area contributed by atoms with Crippen molar-refractivity contribution in [2.45, 2.75) is 39.4 Å². The number of benzene rings is 1. The highest BCUT2D eigenvalue weighted by molar-refractivity contribution is 6.33. The molecule has 0 atom stereocenters. The Morgan fingerprint density at radius 3 is 2.53 bits per heavy atom. The van der Waals surface area contributed by atoms with Gasteiger partial charge in [0.1, 0.15) is 0 Å². The van der Waals surface area contributed by atoms with Gasteiger partial charge in [-0.15, -0.1) is 8.78 Å². The maximum absolute atomic E-state index is 13.0. The highest BCUT2D eigenvalue weighted by Crippen LogP contribution is 2.49. The molecule has 17 heavy (non-hydrogen) atoms. The van der Waals surface area contributed by atoms with E-state index < -0.39 is 6.29 Å². The van der Waals surface area contributed by atoms with Crippen molar-refractivity contribution in [2.75, 3.05) is 0 Å². The zero-order chi connectivity index (χ0) is 12.8. The fourth-order valence-corrected chi connectivity index (χ4v) is 2.35. The Morgan fingerprint density at radius 2 is 2.00 bits per heavy atom. The molecule has 0 aromatic heterocycles. The van der Waals surface area contributed by atoms with Crippen molar-refractivity contribution in [1.82, 2.24) is 0 Å². The van der Waals surface area contributed by atoms with Crippen LogP contribution in [-0.2, 0) is 6.42 Å². The van der Waals surface area contributed by atoms with Crippen LogP contribution in [0, 0.1) is 0 Å². The Labute approximate surface area is 103 Å². The number of rotatable bonds is 2. The Morgan fingerprint density at radius 1 is 1.35 bits per heavy atom. The van der Waals surface area contributed by atoms with Gasteiger partial charge in [-0.05, 0) is 29.5 Å². The first kappa shape index (κ1) is 12.4. The third-order valence-electron chi connectivity index (χ3n) is 2.75. The van der Waals surface area contributed by atoms with Gasteiger partial charge in [0.2, 0.25) is 0 Å². The standard InChI is InChI=1S/C12H13ClF2O2/c1-4-7-8(6(2)3)5-9-11(10(7)13)17-12(14,15)16-9/h5-6H,4H2,1-3H3. The lowest BCUT2D eigenvalue weighted by molar-refractivity contribution is -0.286. The van der Waals surface area contributed by atoms with Crippen LogP contribution < -0.4 is 9.47 Å². The summed E-state index contributed by atoms with van der Waals surface area (Å²) in [6.07, 6.45) is -2.96. The van der Waals surface area contributed by atoms with Crippen LogP contribution in [0.4, 0.5) is 8.78 Å². The fourth-order valence-electron chi connectivity index (χ4n) is 1.98. The first-order valence-corrected chi connectivity index (χ1v) is 5.84. The van der Waals surface area contributed by atoms with Crippen LogP contribution in [0.3, 0.4) is 0 Å². The normalized spacial score (nSPS) is 16.6. The van der Waals surface area contributed by atoms with E-state index in [4.69, 9.17) is 11.6 Å². The molecule has 0 spiro atoms. The van der Waals surface area contributed by atoms with Crippen LogP contribution >= 0.6 is 11.6 Å². The summed E-state index contributed by atoms with van der Waals surface area (Å²) in [5.74, 6) is 0.143. The van der Waals surface area contributed by atoms with Crippen molar-refractivity contribution in [3.8, 4) is 11.5 Å². The molecule has 0 amide bonds. The molecule has 0 unspecified atom stereocenters. The van der Waals surface area contributed by atoms with E-state index in [0.29, 0.717) is 6.42 Å². The summed E-state index contributed by atoms with van der Waals surface area (Å²) in [7, 11) is 0. The first-order valence-electron chi connectivity index (χ1n) is 5.46. The number of fused-ring (bicyclic) bond motifs is 1. The largest absolute Gasteiger partial charge is 0.586 e. The molecule has 94 valence electrons. The van der Waals surface area contributed by atoms with E-state index in [1.807, 2.05) is 20.8 Å². The van der Waals surface area contributed by atoms with Crippen LogP contribution in [0.2, 0.25) is 5.02 Å². The topological polar surface area (TPSA) is 18.5 Å². The average molecular weight is 263 g/mol. The zero-order valence-electron chi connectivity index (χ0n) is 9.81. The van der Waals surface area contributed by atoms with Crippen molar-refractivity contribution < 1.29 is 18.3 Å². The minimum absolute atomic E-state index is 0.0147. The molecule has 0 saturated heterocycles. The zero-order valence-corrected chi connectivity index (χ0v) is 10.6. The predicted molar refractivity (Wildman–Crippen MR) is 61.1 cm³/mol. The Kier molecular flexibility index (Phi) is 2.94. The molecule has 5 heteroatoms. The molecule has 0 fully saturated rings. The van der Waals surface area contributed by atoms with Crippen molar-refractivity contribution >= 4 is 11.6 Å². The summed E-state index contributed by atoms with van der Waals surface area (Å²) in [5, 5.41) is 0.228. The summed E-state index contributed by atoms with van der Waals surface area (Å²) >= 11 is 6.09. The molecule has 2 rings (SSSR count). The van der Waals surface area contributed by atoms with Crippen LogP contribution in [-0.4, -0.2) is 6.29 Å². The van der Waals surface area contributed by atoms with Gasteiger partial charge in [-0.3, -0.25) is 0 Å². The second-order valence-corrected chi connectivity index (χ2v) is 4.64. The SMILES string of the molecule is CCc1c(C(C)C)cc2c(c1Cl)OC(F)(F)O2. The van der Waals surface area contributed by atoms with Crippen LogP contribution in [0.25, 0.3) is 0 Å². The summed E-state index contributed by atoms with van der Waals surface area (Å²) in [6.45, 7) is 5.88. The minimum atomic E-state index is -3.62. The van der Waals surface area contributed by atoms with Gasteiger partial charge < -0.3 is 9.47 Å². The monoisotopic (exact) mass is 262 g/mol. The van der Waals surface area contributed by atoms with Crippen molar-refractivity contribution in [3.05, 3.63) is 22.2 Å². The van der Waals surface area contributed by atoms with Gasteiger partial charge in [0.15, 0.2) is 11.5 Å². The van der Waals surface area contributed by atoms with Crippen molar-refractivity contribution in [2.24, 2.45) is 0 Å². The van der Waals surface area contributed by atoms with Crippen molar-refractivity contribution in [3.63, 3.8) is 0 Å². The smallest absolute Gasteiger partial charge is 0.395 e. The molecular weight excluding hydrogens is 250 g/mol. The molecule has 1 aliphatic rings. The molecule has 0 N–H and O–H groups in total. The molecule has 1 aromatic carbocycles. The van der Waals surface area contributed by atoms with E-state index in [2.05, 4.69) is 9.47 Å². The Bertz CT molecular complexity index is 458. The molecule has 1 aliphatic heterocycles. The predicted octanol–water partition coefficient (Wildman–Crippen LogP) is 4.35. The fraction of sp³-hybridized carbons (Fsp3) is 0.500. The molecule has 1 heterocycles. The third-order valence-corrected chi connectivity index (χ3v) is 3.15. The first-order chi connectivity index (χ1) is 7.85. The lowest BCUT2D eigenvalue weighted by Gasteiger charge is -2.14. The van der Waals surface area contributed by atoms with Crippen LogP contribution in [0.1, 0.15) is 37.8 Å². The minimum Gasteiger partial charge on any atom is -0.395 e. The second-order valence-electron chi connectivity index (χ2n) is 4.26. The summed E-state index contributed by atoms with van der Waals surface area (Å²) in [5.41, 5.74) is 1.75. The highest BCUT2D eigenvalue weighted by Gasteiger charge is 2.45. The van der Waals surface area contributed by atoms with E-state index in [1.165, 1.54) is 0 Å². The Balaban J connectivity index is 2.59. The maximum Gasteiger partial charge on any atom is 0.586 e. The van der Waals surface area contributed by atoms with E-state index in [9.17, 15) is 8.78 Å². The van der Waals surface area contributed by atoms with Crippen LogP contribution in [0.5, 0.6) is 11.5 Å². The third kappa shape index (κ3) is 2.06. The number of hydrogen-bond acceptors (Lipinski definition) is 2. The van der Waals surface area contributed by atoms with Crippen molar-refractivity contribution in [1.29, 1.82) is 0 Å². The quantitative estimate of drug-likeness (QED) is 0.789. The van der Waals surface area contributed by atoms with Crippen LogP contribution in [0.15, 0.2) is 6.07 Å². The molecule has 0 aliphatic carbocycles.